The highest BCUT2D eigenvalue weighted by Crippen LogP contribution is 2.30. The lowest BCUT2D eigenvalue weighted by atomic mass is 9.92. The van der Waals surface area contributed by atoms with Gasteiger partial charge in [-0.25, -0.2) is 22.8 Å². The van der Waals surface area contributed by atoms with E-state index in [1.165, 1.54) is 29.5 Å². The monoisotopic (exact) mass is 534 g/mol. The number of aromatic nitrogens is 3. The summed E-state index contributed by atoms with van der Waals surface area (Å²) in [6.07, 6.45) is 4.46. The Morgan fingerprint density at radius 3 is 2.36 bits per heavy atom. The highest BCUT2D eigenvalue weighted by molar-refractivity contribution is 5.82. The molecule has 1 aliphatic rings. The van der Waals surface area contributed by atoms with Gasteiger partial charge in [0, 0.05) is 56.6 Å². The van der Waals surface area contributed by atoms with E-state index in [1.54, 1.807) is 18.3 Å². The number of β-amino-alcohol motifs (C(OH)–C–C–N with tert-alkyl or cyclic N) is 1. The number of piperazine rings is 1. The van der Waals surface area contributed by atoms with Gasteiger partial charge < -0.3 is 10.0 Å². The van der Waals surface area contributed by atoms with Crippen molar-refractivity contribution in [2.75, 3.05) is 37.6 Å². The summed E-state index contributed by atoms with van der Waals surface area (Å²) in [6.45, 7) is 4.07. The van der Waals surface area contributed by atoms with E-state index in [9.17, 15) is 13.9 Å². The van der Waals surface area contributed by atoms with Gasteiger partial charge in [0.2, 0.25) is 0 Å². The number of aryl methyl sites for hydroxylation is 1. The van der Waals surface area contributed by atoms with Crippen LogP contribution in [0.4, 0.5) is 24.5 Å². The summed E-state index contributed by atoms with van der Waals surface area (Å²) in [5.74, 6) is -1.91. The van der Waals surface area contributed by atoms with Crippen molar-refractivity contribution < 1.29 is 18.3 Å². The molecule has 0 radical (unpaired) electrons. The summed E-state index contributed by atoms with van der Waals surface area (Å²) in [4.78, 5) is 12.2. The third kappa shape index (κ3) is 6.35. The van der Waals surface area contributed by atoms with Gasteiger partial charge in [-0.05, 0) is 30.7 Å². The first-order valence-electron chi connectivity index (χ1n) is 12.7. The van der Waals surface area contributed by atoms with E-state index in [0.29, 0.717) is 37.6 Å². The molecule has 3 aromatic carbocycles. The molecular weight excluding hydrogens is 505 g/mol. The maximum atomic E-state index is 15.0. The summed E-state index contributed by atoms with van der Waals surface area (Å²) < 4.78 is 44.7. The molecule has 0 amide bonds. The summed E-state index contributed by atoms with van der Waals surface area (Å²) >= 11 is 0. The molecule has 1 saturated heterocycles. The normalized spacial score (nSPS) is 16.1. The lowest BCUT2D eigenvalue weighted by Gasteiger charge is -2.40. The molecule has 10 heteroatoms. The molecule has 0 aliphatic carbocycles. The molecule has 1 N–H and O–H groups in total. The molecule has 0 saturated carbocycles. The van der Waals surface area contributed by atoms with Gasteiger partial charge >= 0.3 is 0 Å². The maximum absolute atomic E-state index is 15.0. The van der Waals surface area contributed by atoms with Gasteiger partial charge in [-0.15, -0.1) is 0 Å². The Kier molecular flexibility index (Phi) is 7.76. The number of hydrogen-bond acceptors (Lipinski definition) is 6. The molecule has 0 bridgehead atoms. The molecule has 1 aliphatic heterocycles. The lowest BCUT2D eigenvalue weighted by Crippen LogP contribution is -2.52. The number of halogens is 3. The SMILES string of the molecule is Cc1ccc(C=Nc2ccc(N3CCN(CC(O)(Cn4cncn4)c4ccc(F)cc4F)CC3)c(F)c2)cc1. The molecule has 0 spiro atoms. The fourth-order valence-corrected chi connectivity index (χ4v) is 4.82. The highest BCUT2D eigenvalue weighted by Gasteiger charge is 2.36. The maximum Gasteiger partial charge on any atom is 0.148 e. The van der Waals surface area contributed by atoms with Crippen LogP contribution >= 0.6 is 0 Å². The second kappa shape index (κ2) is 11.4. The van der Waals surface area contributed by atoms with Gasteiger partial charge in [-0.1, -0.05) is 35.9 Å². The first-order chi connectivity index (χ1) is 18.8. The van der Waals surface area contributed by atoms with E-state index in [4.69, 9.17) is 0 Å². The third-order valence-corrected chi connectivity index (χ3v) is 6.89. The van der Waals surface area contributed by atoms with Crippen LogP contribution in [0.25, 0.3) is 0 Å². The second-order valence-electron chi connectivity index (χ2n) is 9.82. The van der Waals surface area contributed by atoms with E-state index in [0.717, 1.165) is 23.3 Å². The van der Waals surface area contributed by atoms with Crippen LogP contribution < -0.4 is 4.90 Å². The van der Waals surface area contributed by atoms with Crippen molar-refractivity contribution in [1.29, 1.82) is 0 Å². The van der Waals surface area contributed by atoms with Crippen molar-refractivity contribution in [1.82, 2.24) is 19.7 Å². The third-order valence-electron chi connectivity index (χ3n) is 6.89. The van der Waals surface area contributed by atoms with Crippen molar-refractivity contribution in [3.63, 3.8) is 0 Å². The molecule has 1 aromatic heterocycles. The predicted octanol–water partition coefficient (Wildman–Crippen LogP) is 4.46. The Labute approximate surface area is 224 Å². The average molecular weight is 535 g/mol. The molecule has 1 atom stereocenters. The summed E-state index contributed by atoms with van der Waals surface area (Å²) in [5.41, 5.74) is 1.39. The van der Waals surface area contributed by atoms with E-state index < -0.39 is 17.2 Å². The second-order valence-corrected chi connectivity index (χ2v) is 9.82. The van der Waals surface area contributed by atoms with Crippen molar-refractivity contribution >= 4 is 17.6 Å². The van der Waals surface area contributed by atoms with Crippen molar-refractivity contribution in [3.8, 4) is 0 Å². The zero-order valence-electron chi connectivity index (χ0n) is 21.5. The lowest BCUT2D eigenvalue weighted by molar-refractivity contribution is -0.0227. The van der Waals surface area contributed by atoms with Crippen LogP contribution in [-0.2, 0) is 12.1 Å². The molecule has 1 unspecified atom stereocenters. The van der Waals surface area contributed by atoms with Gasteiger partial charge in [0.25, 0.3) is 0 Å². The smallest absolute Gasteiger partial charge is 0.148 e. The fraction of sp³-hybridized carbons (Fsp3) is 0.276. The van der Waals surface area contributed by atoms with Gasteiger partial charge in [-0.2, -0.15) is 5.10 Å². The van der Waals surface area contributed by atoms with E-state index >= 15 is 4.39 Å². The predicted molar refractivity (Wildman–Crippen MR) is 144 cm³/mol. The number of rotatable bonds is 8. The summed E-state index contributed by atoms with van der Waals surface area (Å²) in [5, 5.41) is 15.6. The average Bonchev–Trinajstić information content (AvgIpc) is 3.41. The first-order valence-corrected chi connectivity index (χ1v) is 12.7. The minimum atomic E-state index is -1.68. The fourth-order valence-electron chi connectivity index (χ4n) is 4.82. The Balaban J connectivity index is 1.25. The molecule has 7 nitrogen and oxygen atoms in total. The molecule has 4 aromatic rings. The van der Waals surface area contributed by atoms with Crippen molar-refractivity contribution in [2.24, 2.45) is 4.99 Å². The van der Waals surface area contributed by atoms with Crippen LogP contribution in [0.1, 0.15) is 16.7 Å². The molecular formula is C29H29F3N6O. The number of anilines is 1. The van der Waals surface area contributed by atoms with E-state index in [1.807, 2.05) is 41.0 Å². The molecule has 5 rings (SSSR count). The summed E-state index contributed by atoms with van der Waals surface area (Å²) in [6, 6.07) is 16.0. The minimum absolute atomic E-state index is 0.0188. The minimum Gasteiger partial charge on any atom is -0.382 e. The Hall–Kier alpha value is -4.02. The van der Waals surface area contributed by atoms with E-state index in [-0.39, 0.29) is 24.5 Å². The molecule has 202 valence electrons. The van der Waals surface area contributed by atoms with Gasteiger partial charge in [0.15, 0.2) is 0 Å². The largest absolute Gasteiger partial charge is 0.382 e. The Morgan fingerprint density at radius 2 is 1.69 bits per heavy atom. The highest BCUT2D eigenvalue weighted by atomic mass is 19.1. The van der Waals surface area contributed by atoms with Crippen LogP contribution in [0.2, 0.25) is 0 Å². The molecule has 2 heterocycles. The Morgan fingerprint density at radius 1 is 0.923 bits per heavy atom. The molecule has 39 heavy (non-hydrogen) atoms. The van der Waals surface area contributed by atoms with Crippen LogP contribution in [0.5, 0.6) is 0 Å². The number of aliphatic hydroxyl groups is 1. The summed E-state index contributed by atoms with van der Waals surface area (Å²) in [7, 11) is 0. The Bertz CT molecular complexity index is 1440. The number of aliphatic imine (C=N–C) groups is 1. The first kappa shape index (κ1) is 26.6. The van der Waals surface area contributed by atoms with Crippen LogP contribution in [0, 0.1) is 24.4 Å². The van der Waals surface area contributed by atoms with Gasteiger partial charge in [0.1, 0.15) is 35.7 Å². The van der Waals surface area contributed by atoms with Crippen molar-refractivity contribution in [2.45, 2.75) is 19.1 Å². The zero-order chi connectivity index (χ0) is 27.4. The topological polar surface area (TPSA) is 69.8 Å². The van der Waals surface area contributed by atoms with Gasteiger partial charge in [-0.3, -0.25) is 9.89 Å². The quantitative estimate of drug-likeness (QED) is 0.338. The van der Waals surface area contributed by atoms with Crippen LogP contribution in [-0.4, -0.2) is 63.7 Å². The zero-order valence-corrected chi connectivity index (χ0v) is 21.5. The number of benzene rings is 3. The van der Waals surface area contributed by atoms with Crippen LogP contribution in [0.3, 0.4) is 0 Å². The number of hydrogen-bond donors (Lipinski definition) is 1. The standard InChI is InChI=1S/C29H29F3N6O/c1-21-2-4-22(5-3-21)16-34-24-7-9-28(27(32)15-24)37-12-10-36(11-13-37)17-29(39,18-38-20-33-19-35-38)25-8-6-23(30)14-26(25)31/h2-9,14-16,19-20,39H,10-13,17-18H2,1H3. The molecule has 1 fully saturated rings. The number of nitrogens with zero attached hydrogens (tertiary/aromatic N) is 6. The van der Waals surface area contributed by atoms with Gasteiger partial charge in [0.05, 0.1) is 17.9 Å². The van der Waals surface area contributed by atoms with Crippen LogP contribution in [0.15, 0.2) is 78.3 Å². The van der Waals surface area contributed by atoms with Crippen molar-refractivity contribution in [3.05, 3.63) is 107 Å². The van der Waals surface area contributed by atoms with E-state index in [2.05, 4.69) is 15.1 Å².